The summed E-state index contributed by atoms with van der Waals surface area (Å²) in [5.74, 6) is 3.55. The SMILES string of the molecule is C[C@@H](Oc1ccc2c(c1)OCO2)c1n[nH]c(=S)n1Cc1ccco1. The molecule has 7 nitrogen and oxygen atoms in total. The highest BCUT2D eigenvalue weighted by molar-refractivity contribution is 7.71. The Labute approximate surface area is 142 Å². The zero-order valence-corrected chi connectivity index (χ0v) is 13.7. The largest absolute Gasteiger partial charge is 0.483 e. The number of H-pyrrole nitrogens is 1. The second-order valence-corrected chi connectivity index (χ2v) is 5.71. The van der Waals surface area contributed by atoms with Gasteiger partial charge in [-0.1, -0.05) is 0 Å². The van der Waals surface area contributed by atoms with E-state index in [4.69, 9.17) is 30.8 Å². The van der Waals surface area contributed by atoms with Crippen LogP contribution in [0.25, 0.3) is 0 Å². The molecule has 2 aromatic heterocycles. The molecule has 0 amide bonds. The Kier molecular flexibility index (Phi) is 3.73. The molecule has 0 unspecified atom stereocenters. The van der Waals surface area contributed by atoms with Gasteiger partial charge in [-0.15, -0.1) is 0 Å². The molecule has 24 heavy (non-hydrogen) atoms. The summed E-state index contributed by atoms with van der Waals surface area (Å²) in [5, 5.41) is 7.10. The molecule has 0 bridgehead atoms. The maximum Gasteiger partial charge on any atom is 0.231 e. The van der Waals surface area contributed by atoms with E-state index < -0.39 is 0 Å². The second-order valence-electron chi connectivity index (χ2n) is 5.33. The number of rotatable bonds is 5. The quantitative estimate of drug-likeness (QED) is 0.714. The monoisotopic (exact) mass is 345 g/mol. The molecule has 0 aliphatic carbocycles. The fourth-order valence-electron chi connectivity index (χ4n) is 2.56. The fourth-order valence-corrected chi connectivity index (χ4v) is 2.76. The number of aromatic amines is 1. The number of fused-ring (bicyclic) bond motifs is 1. The molecule has 8 heteroatoms. The van der Waals surface area contributed by atoms with Crippen LogP contribution in [0.15, 0.2) is 41.0 Å². The summed E-state index contributed by atoms with van der Waals surface area (Å²) in [6.45, 7) is 2.64. The Morgan fingerprint density at radius 1 is 1.33 bits per heavy atom. The van der Waals surface area contributed by atoms with Crippen LogP contribution in [-0.2, 0) is 6.54 Å². The number of hydrogen-bond donors (Lipinski definition) is 1. The third kappa shape index (κ3) is 2.76. The molecule has 0 spiro atoms. The van der Waals surface area contributed by atoms with E-state index >= 15 is 0 Å². The molecular weight excluding hydrogens is 330 g/mol. The van der Waals surface area contributed by atoms with Gasteiger partial charge in [-0.3, -0.25) is 9.67 Å². The normalized spacial score (nSPS) is 13.9. The van der Waals surface area contributed by atoms with Gasteiger partial charge in [-0.05, 0) is 43.4 Å². The van der Waals surface area contributed by atoms with E-state index in [2.05, 4.69) is 10.2 Å². The molecule has 1 aromatic carbocycles. The van der Waals surface area contributed by atoms with Crippen LogP contribution in [0.5, 0.6) is 17.2 Å². The predicted molar refractivity (Wildman–Crippen MR) is 86.8 cm³/mol. The maximum atomic E-state index is 5.98. The second kappa shape index (κ2) is 6.04. The lowest BCUT2D eigenvalue weighted by atomic mass is 10.3. The lowest BCUT2D eigenvalue weighted by Crippen LogP contribution is -2.12. The summed E-state index contributed by atoms with van der Waals surface area (Å²) >= 11 is 5.31. The zero-order valence-electron chi connectivity index (χ0n) is 12.9. The van der Waals surface area contributed by atoms with Gasteiger partial charge >= 0.3 is 0 Å². The van der Waals surface area contributed by atoms with Gasteiger partial charge in [0.15, 0.2) is 28.2 Å². The lowest BCUT2D eigenvalue weighted by molar-refractivity contribution is 0.173. The molecule has 3 aromatic rings. The standard InChI is InChI=1S/C16H15N3O4S/c1-10(23-11-4-5-13-14(7-11)22-9-21-13)15-17-18-16(24)19(15)8-12-3-2-6-20-12/h2-7,10H,8-9H2,1H3,(H,18,24)/t10-/m1/s1. The molecule has 4 rings (SSSR count). The van der Waals surface area contributed by atoms with Crippen molar-refractivity contribution in [1.82, 2.24) is 14.8 Å². The van der Waals surface area contributed by atoms with Crippen LogP contribution >= 0.6 is 12.2 Å². The van der Waals surface area contributed by atoms with Crippen molar-refractivity contribution in [3.63, 3.8) is 0 Å². The number of benzene rings is 1. The zero-order chi connectivity index (χ0) is 16.5. The molecular formula is C16H15N3O4S. The molecule has 1 aliphatic heterocycles. The first-order valence-electron chi connectivity index (χ1n) is 7.44. The summed E-state index contributed by atoms with van der Waals surface area (Å²) in [7, 11) is 0. The molecule has 0 saturated carbocycles. The Morgan fingerprint density at radius 2 is 2.21 bits per heavy atom. The molecule has 1 N–H and O–H groups in total. The van der Waals surface area contributed by atoms with Crippen molar-refractivity contribution in [1.29, 1.82) is 0 Å². The predicted octanol–water partition coefficient (Wildman–Crippen LogP) is 3.45. The molecule has 0 saturated heterocycles. The highest BCUT2D eigenvalue weighted by atomic mass is 32.1. The molecule has 1 aliphatic rings. The number of hydrogen-bond acceptors (Lipinski definition) is 6. The van der Waals surface area contributed by atoms with Crippen molar-refractivity contribution >= 4 is 12.2 Å². The van der Waals surface area contributed by atoms with Crippen LogP contribution in [0.3, 0.4) is 0 Å². The minimum Gasteiger partial charge on any atom is -0.483 e. The van der Waals surface area contributed by atoms with Gasteiger partial charge in [0.2, 0.25) is 6.79 Å². The average Bonchev–Trinajstić information content (AvgIpc) is 3.30. The fraction of sp³-hybridized carbons (Fsp3) is 0.250. The van der Waals surface area contributed by atoms with Crippen molar-refractivity contribution in [2.45, 2.75) is 19.6 Å². The van der Waals surface area contributed by atoms with Gasteiger partial charge in [0, 0.05) is 6.07 Å². The topological polar surface area (TPSA) is 74.4 Å². The van der Waals surface area contributed by atoms with Gasteiger partial charge in [-0.2, -0.15) is 5.10 Å². The highest BCUT2D eigenvalue weighted by Gasteiger charge is 2.19. The summed E-state index contributed by atoms with van der Waals surface area (Å²) in [5.41, 5.74) is 0. The lowest BCUT2D eigenvalue weighted by Gasteiger charge is -2.15. The van der Waals surface area contributed by atoms with Crippen LogP contribution in [0.2, 0.25) is 0 Å². The van der Waals surface area contributed by atoms with Crippen molar-refractivity contribution in [2.75, 3.05) is 6.79 Å². The number of aromatic nitrogens is 3. The van der Waals surface area contributed by atoms with Gasteiger partial charge in [0.1, 0.15) is 11.5 Å². The third-order valence-corrected chi connectivity index (χ3v) is 4.01. The van der Waals surface area contributed by atoms with E-state index in [-0.39, 0.29) is 12.9 Å². The van der Waals surface area contributed by atoms with Crippen molar-refractivity contribution < 1.29 is 18.6 Å². The Morgan fingerprint density at radius 3 is 3.04 bits per heavy atom. The maximum absolute atomic E-state index is 5.98. The smallest absolute Gasteiger partial charge is 0.231 e. The Hall–Kier alpha value is -2.74. The minimum atomic E-state index is -0.312. The summed E-state index contributed by atoms with van der Waals surface area (Å²) < 4.78 is 24.4. The van der Waals surface area contributed by atoms with E-state index in [1.54, 1.807) is 12.3 Å². The highest BCUT2D eigenvalue weighted by Crippen LogP contribution is 2.36. The molecule has 1 atom stereocenters. The van der Waals surface area contributed by atoms with Crippen LogP contribution in [0.4, 0.5) is 0 Å². The molecule has 124 valence electrons. The van der Waals surface area contributed by atoms with E-state index in [0.717, 1.165) is 11.5 Å². The van der Waals surface area contributed by atoms with Crippen LogP contribution in [0.1, 0.15) is 24.6 Å². The van der Waals surface area contributed by atoms with Gasteiger partial charge < -0.3 is 18.6 Å². The summed E-state index contributed by atoms with van der Waals surface area (Å²) in [6.07, 6.45) is 1.32. The van der Waals surface area contributed by atoms with Gasteiger partial charge in [0.05, 0.1) is 12.8 Å². The van der Waals surface area contributed by atoms with E-state index in [0.29, 0.717) is 28.6 Å². The van der Waals surface area contributed by atoms with Crippen molar-refractivity contribution in [2.24, 2.45) is 0 Å². The van der Waals surface area contributed by atoms with Crippen LogP contribution in [-0.4, -0.2) is 21.6 Å². The van der Waals surface area contributed by atoms with Crippen LogP contribution in [0, 0.1) is 4.77 Å². The third-order valence-electron chi connectivity index (χ3n) is 3.70. The average molecular weight is 345 g/mol. The molecule has 0 fully saturated rings. The summed E-state index contributed by atoms with van der Waals surface area (Å²) in [4.78, 5) is 0. The first kappa shape index (κ1) is 14.8. The van der Waals surface area contributed by atoms with E-state index in [9.17, 15) is 0 Å². The summed E-state index contributed by atoms with van der Waals surface area (Å²) in [6, 6.07) is 9.19. The number of nitrogens with one attached hydrogen (secondary N) is 1. The van der Waals surface area contributed by atoms with E-state index in [1.807, 2.05) is 35.8 Å². The van der Waals surface area contributed by atoms with Crippen LogP contribution < -0.4 is 14.2 Å². The van der Waals surface area contributed by atoms with Gasteiger partial charge in [0.25, 0.3) is 0 Å². The number of ether oxygens (including phenoxy) is 3. The first-order chi connectivity index (χ1) is 11.7. The van der Waals surface area contributed by atoms with E-state index in [1.165, 1.54) is 0 Å². The first-order valence-corrected chi connectivity index (χ1v) is 7.85. The Balaban J connectivity index is 1.56. The molecule has 3 heterocycles. The van der Waals surface area contributed by atoms with Gasteiger partial charge in [-0.25, -0.2) is 0 Å². The number of furan rings is 1. The minimum absolute atomic E-state index is 0.232. The van der Waals surface area contributed by atoms with Crippen molar-refractivity contribution in [3.05, 3.63) is 53.0 Å². The molecule has 0 radical (unpaired) electrons. The Bertz CT molecular complexity index is 900. The van der Waals surface area contributed by atoms with Crippen molar-refractivity contribution in [3.8, 4) is 17.2 Å². The number of nitrogens with zero attached hydrogens (tertiary/aromatic N) is 2.